The van der Waals surface area contributed by atoms with Gasteiger partial charge in [-0.3, -0.25) is 18.6 Å². The molecule has 17 heavy (non-hydrogen) atoms. The number of carboxylic acid groups (broad SMARTS) is 1. The first-order valence-electron chi connectivity index (χ1n) is 4.43. The summed E-state index contributed by atoms with van der Waals surface area (Å²) in [7, 11) is -4.55. The van der Waals surface area contributed by atoms with Crippen molar-refractivity contribution in [3.05, 3.63) is 12.7 Å². The van der Waals surface area contributed by atoms with Crippen molar-refractivity contribution < 1.29 is 38.3 Å². The van der Waals surface area contributed by atoms with Gasteiger partial charge in [0.05, 0.1) is 12.5 Å². The fraction of sp³-hybridized carbons (Fsp3) is 0.500. The van der Waals surface area contributed by atoms with Crippen LogP contribution >= 0.6 is 7.82 Å². The van der Waals surface area contributed by atoms with Gasteiger partial charge in [-0.15, -0.1) is 6.58 Å². The van der Waals surface area contributed by atoms with E-state index in [1.54, 1.807) is 0 Å². The molecular formula is C8H13O8P. The number of hydrogen-bond donors (Lipinski definition) is 3. The van der Waals surface area contributed by atoms with Crippen LogP contribution in [0, 0.1) is 0 Å². The molecular weight excluding hydrogens is 255 g/mol. The second-order valence-electron chi connectivity index (χ2n) is 2.92. The van der Waals surface area contributed by atoms with Crippen molar-refractivity contribution in [3.63, 3.8) is 0 Å². The summed E-state index contributed by atoms with van der Waals surface area (Å²) in [5.74, 6) is -2.06. The highest BCUT2D eigenvalue weighted by molar-refractivity contribution is 7.47. The lowest BCUT2D eigenvalue weighted by molar-refractivity contribution is -0.138. The van der Waals surface area contributed by atoms with Crippen LogP contribution in [0.1, 0.15) is 6.42 Å². The van der Waals surface area contributed by atoms with Gasteiger partial charge in [-0.05, 0) is 0 Å². The number of phosphoric acid groups is 1. The first-order chi connectivity index (χ1) is 7.80. The van der Waals surface area contributed by atoms with Gasteiger partial charge in [0.1, 0.15) is 13.2 Å². The fourth-order valence-corrected chi connectivity index (χ4v) is 1.61. The molecule has 0 fully saturated rings. The number of carboxylic acids is 1. The SMILES string of the molecule is C=CC(CC(=O)O)OP(=O)(O)OCC(=O)CO. The third-order valence-electron chi connectivity index (χ3n) is 1.47. The maximum absolute atomic E-state index is 11.2. The average molecular weight is 268 g/mol. The van der Waals surface area contributed by atoms with Crippen LogP contribution in [0.15, 0.2) is 12.7 Å². The van der Waals surface area contributed by atoms with Crippen LogP contribution in [-0.4, -0.2) is 46.2 Å². The minimum Gasteiger partial charge on any atom is -0.481 e. The van der Waals surface area contributed by atoms with Crippen molar-refractivity contribution in [2.75, 3.05) is 13.2 Å². The van der Waals surface area contributed by atoms with Crippen LogP contribution < -0.4 is 0 Å². The normalized spacial score (nSPS) is 15.9. The summed E-state index contributed by atoms with van der Waals surface area (Å²) in [4.78, 5) is 30.1. The number of ketones is 1. The summed E-state index contributed by atoms with van der Waals surface area (Å²) in [5, 5.41) is 16.8. The first-order valence-corrected chi connectivity index (χ1v) is 5.93. The van der Waals surface area contributed by atoms with Gasteiger partial charge in [0, 0.05) is 0 Å². The van der Waals surface area contributed by atoms with Crippen molar-refractivity contribution >= 4 is 19.6 Å². The molecule has 2 atom stereocenters. The molecule has 0 amide bonds. The third-order valence-corrected chi connectivity index (χ3v) is 2.46. The number of aliphatic hydroxyl groups is 1. The van der Waals surface area contributed by atoms with E-state index in [0.717, 1.165) is 6.08 Å². The van der Waals surface area contributed by atoms with Crippen molar-refractivity contribution in [3.8, 4) is 0 Å². The smallest absolute Gasteiger partial charge is 0.473 e. The Hall–Kier alpha value is -1.05. The molecule has 8 nitrogen and oxygen atoms in total. The van der Waals surface area contributed by atoms with Crippen molar-refractivity contribution in [1.82, 2.24) is 0 Å². The van der Waals surface area contributed by atoms with Crippen LogP contribution in [-0.2, 0) is 23.2 Å². The van der Waals surface area contributed by atoms with E-state index in [2.05, 4.69) is 15.6 Å². The van der Waals surface area contributed by atoms with E-state index in [0.29, 0.717) is 0 Å². The first kappa shape index (κ1) is 16.0. The molecule has 0 bridgehead atoms. The zero-order chi connectivity index (χ0) is 13.5. The number of rotatable bonds is 9. The molecule has 0 aromatic rings. The molecule has 0 aromatic heterocycles. The molecule has 0 saturated carbocycles. The number of aliphatic carboxylic acids is 1. The summed E-state index contributed by atoms with van der Waals surface area (Å²) < 4.78 is 19.9. The Bertz CT molecular complexity index is 338. The second kappa shape index (κ2) is 7.31. The van der Waals surface area contributed by atoms with E-state index in [1.807, 2.05) is 0 Å². The van der Waals surface area contributed by atoms with E-state index < -0.39 is 45.3 Å². The standard InChI is InChI=1S/C8H13O8P/c1-2-7(3-8(11)12)16-17(13,14)15-5-6(10)4-9/h2,7,9H,1,3-5H2,(H,11,12)(H,13,14). The van der Waals surface area contributed by atoms with Crippen LogP contribution in [0.25, 0.3) is 0 Å². The Balaban J connectivity index is 4.30. The van der Waals surface area contributed by atoms with E-state index in [-0.39, 0.29) is 0 Å². The zero-order valence-corrected chi connectivity index (χ0v) is 9.71. The number of carbonyl (C=O) groups excluding carboxylic acids is 1. The zero-order valence-electron chi connectivity index (χ0n) is 8.81. The Morgan fingerprint density at radius 3 is 2.47 bits per heavy atom. The number of Topliss-reactive ketones (excluding diaryl/α,β-unsaturated/α-hetero) is 1. The molecule has 0 heterocycles. The molecule has 3 N–H and O–H groups in total. The molecule has 0 aromatic carbocycles. The van der Waals surface area contributed by atoms with Gasteiger partial charge in [0.15, 0.2) is 5.78 Å². The van der Waals surface area contributed by atoms with Crippen molar-refractivity contribution in [2.24, 2.45) is 0 Å². The maximum Gasteiger partial charge on any atom is 0.473 e. The summed E-state index contributed by atoms with van der Waals surface area (Å²) >= 11 is 0. The number of carbonyl (C=O) groups is 2. The number of aliphatic hydroxyl groups excluding tert-OH is 1. The van der Waals surface area contributed by atoms with Crippen LogP contribution in [0.3, 0.4) is 0 Å². The van der Waals surface area contributed by atoms with E-state index in [1.165, 1.54) is 0 Å². The Morgan fingerprint density at radius 2 is 2.06 bits per heavy atom. The van der Waals surface area contributed by atoms with Gasteiger partial charge in [-0.25, -0.2) is 4.57 Å². The van der Waals surface area contributed by atoms with E-state index in [4.69, 9.17) is 15.1 Å². The summed E-state index contributed by atoms with van der Waals surface area (Å²) in [6.07, 6.45) is -0.757. The molecule has 0 aliphatic rings. The largest absolute Gasteiger partial charge is 0.481 e. The van der Waals surface area contributed by atoms with Gasteiger partial charge in [0.2, 0.25) is 0 Å². The lowest BCUT2D eigenvalue weighted by Crippen LogP contribution is -2.17. The lowest BCUT2D eigenvalue weighted by Gasteiger charge is -2.16. The molecule has 9 heteroatoms. The minimum atomic E-state index is -4.55. The molecule has 0 radical (unpaired) electrons. The average Bonchev–Trinajstić information content (AvgIpc) is 2.24. The highest BCUT2D eigenvalue weighted by Gasteiger charge is 2.27. The quantitative estimate of drug-likeness (QED) is 0.384. The highest BCUT2D eigenvalue weighted by atomic mass is 31.2. The van der Waals surface area contributed by atoms with Crippen molar-refractivity contribution in [2.45, 2.75) is 12.5 Å². The Kier molecular flexibility index (Phi) is 6.86. The Labute approximate surface area is 97.1 Å². The lowest BCUT2D eigenvalue weighted by atomic mass is 10.2. The number of phosphoric ester groups is 1. The molecule has 0 rings (SSSR count). The topological polar surface area (TPSA) is 130 Å². The van der Waals surface area contributed by atoms with Gasteiger partial charge in [-0.1, -0.05) is 6.08 Å². The minimum absolute atomic E-state index is 0.564. The van der Waals surface area contributed by atoms with Gasteiger partial charge >= 0.3 is 13.8 Å². The summed E-state index contributed by atoms with van der Waals surface area (Å²) in [5.41, 5.74) is 0. The van der Waals surface area contributed by atoms with E-state index >= 15 is 0 Å². The second-order valence-corrected chi connectivity index (χ2v) is 4.32. The molecule has 2 unspecified atom stereocenters. The summed E-state index contributed by atoms with van der Waals surface area (Å²) in [6.45, 7) is 1.59. The fourth-order valence-electron chi connectivity index (χ4n) is 0.736. The third kappa shape index (κ3) is 7.78. The van der Waals surface area contributed by atoms with Crippen LogP contribution in [0.5, 0.6) is 0 Å². The molecule has 0 aliphatic heterocycles. The molecule has 0 saturated heterocycles. The molecule has 98 valence electrons. The predicted molar refractivity (Wildman–Crippen MR) is 55.2 cm³/mol. The van der Waals surface area contributed by atoms with E-state index in [9.17, 15) is 14.2 Å². The highest BCUT2D eigenvalue weighted by Crippen LogP contribution is 2.45. The van der Waals surface area contributed by atoms with Crippen molar-refractivity contribution in [1.29, 1.82) is 0 Å². The van der Waals surface area contributed by atoms with Crippen LogP contribution in [0.4, 0.5) is 0 Å². The monoisotopic (exact) mass is 268 g/mol. The predicted octanol–water partition coefficient (Wildman–Crippen LogP) is -0.289. The van der Waals surface area contributed by atoms with Gasteiger partial charge in [0.25, 0.3) is 0 Å². The molecule has 0 spiro atoms. The van der Waals surface area contributed by atoms with Crippen LogP contribution in [0.2, 0.25) is 0 Å². The maximum atomic E-state index is 11.2. The van der Waals surface area contributed by atoms with Gasteiger partial charge in [-0.2, -0.15) is 0 Å². The van der Waals surface area contributed by atoms with Gasteiger partial charge < -0.3 is 15.1 Å². The number of hydrogen-bond acceptors (Lipinski definition) is 6. The summed E-state index contributed by atoms with van der Waals surface area (Å²) in [6, 6.07) is 0. The Morgan fingerprint density at radius 1 is 1.47 bits per heavy atom. The molecule has 0 aliphatic carbocycles.